The summed E-state index contributed by atoms with van der Waals surface area (Å²) in [6.45, 7) is 0. The summed E-state index contributed by atoms with van der Waals surface area (Å²) in [5, 5.41) is 0.823. The third-order valence-corrected chi connectivity index (χ3v) is 5.86. The number of aromatic nitrogens is 3. The molecule has 0 atom stereocenters. The topological polar surface area (TPSA) is 74.1 Å². The van der Waals surface area contributed by atoms with Crippen molar-refractivity contribution >= 4 is 20.9 Å². The van der Waals surface area contributed by atoms with Crippen molar-refractivity contribution in [1.82, 2.24) is 13.9 Å². The molecule has 2 aromatic carbocycles. The van der Waals surface area contributed by atoms with Gasteiger partial charge < -0.3 is 4.74 Å². The molecule has 0 fully saturated rings. The fourth-order valence-electron chi connectivity index (χ4n) is 2.90. The fraction of sp³-hybridized carbons (Fsp3) is 0.0526. The molecule has 0 radical (unpaired) electrons. The molecule has 6 nitrogen and oxygen atoms in total. The van der Waals surface area contributed by atoms with E-state index in [0.29, 0.717) is 11.3 Å². The standard InChI is InChI=1S/C19H15N3O3S/c1-25-16-5-7-17(8-6-16)26(23,24)22-10-9-14-3-2-4-18(19(14)22)15-11-20-13-21-12-15/h2-13H,1H3. The number of para-hydroxylation sites is 1. The minimum absolute atomic E-state index is 0.190. The van der Waals surface area contributed by atoms with Crippen LogP contribution in [0.4, 0.5) is 0 Å². The van der Waals surface area contributed by atoms with Gasteiger partial charge in [0.1, 0.15) is 12.1 Å². The van der Waals surface area contributed by atoms with Gasteiger partial charge in [-0.25, -0.2) is 22.4 Å². The highest BCUT2D eigenvalue weighted by atomic mass is 32.2. The van der Waals surface area contributed by atoms with Crippen molar-refractivity contribution in [3.05, 3.63) is 73.4 Å². The number of benzene rings is 2. The molecular formula is C19H15N3O3S. The Balaban J connectivity index is 1.94. The van der Waals surface area contributed by atoms with Crippen molar-refractivity contribution in [2.24, 2.45) is 0 Å². The Labute approximate surface area is 150 Å². The molecule has 4 aromatic rings. The Morgan fingerprint density at radius 3 is 2.38 bits per heavy atom. The molecular weight excluding hydrogens is 350 g/mol. The Kier molecular flexibility index (Phi) is 3.93. The average Bonchev–Trinajstić information content (AvgIpc) is 3.14. The molecule has 0 aliphatic heterocycles. The highest BCUT2D eigenvalue weighted by Crippen LogP contribution is 2.31. The second kappa shape index (κ2) is 6.27. The largest absolute Gasteiger partial charge is 0.497 e. The Morgan fingerprint density at radius 2 is 1.69 bits per heavy atom. The number of hydrogen-bond acceptors (Lipinski definition) is 5. The molecule has 0 saturated carbocycles. The van der Waals surface area contributed by atoms with Gasteiger partial charge in [0.05, 0.1) is 17.5 Å². The second-order valence-electron chi connectivity index (χ2n) is 5.66. The Bertz CT molecular complexity index is 1170. The first-order chi connectivity index (χ1) is 12.6. The smallest absolute Gasteiger partial charge is 0.268 e. The summed E-state index contributed by atoms with van der Waals surface area (Å²) >= 11 is 0. The first-order valence-electron chi connectivity index (χ1n) is 7.86. The molecule has 0 N–H and O–H groups in total. The van der Waals surface area contributed by atoms with Crippen molar-refractivity contribution in [3.8, 4) is 16.9 Å². The van der Waals surface area contributed by atoms with Crippen molar-refractivity contribution in [2.75, 3.05) is 7.11 Å². The maximum atomic E-state index is 13.2. The van der Waals surface area contributed by atoms with Crippen LogP contribution in [0.5, 0.6) is 5.75 Å². The van der Waals surface area contributed by atoms with Crippen LogP contribution in [0, 0.1) is 0 Å². The number of fused-ring (bicyclic) bond motifs is 1. The Hall–Kier alpha value is -3.19. The molecule has 0 unspecified atom stereocenters. The summed E-state index contributed by atoms with van der Waals surface area (Å²) in [6.07, 6.45) is 6.34. The summed E-state index contributed by atoms with van der Waals surface area (Å²) in [4.78, 5) is 8.27. The molecule has 26 heavy (non-hydrogen) atoms. The normalized spacial score (nSPS) is 11.6. The fourth-order valence-corrected chi connectivity index (χ4v) is 4.27. The third kappa shape index (κ3) is 2.62. The first kappa shape index (κ1) is 16.3. The lowest BCUT2D eigenvalue weighted by Crippen LogP contribution is -2.12. The van der Waals surface area contributed by atoms with Gasteiger partial charge in [0.2, 0.25) is 0 Å². The summed E-state index contributed by atoms with van der Waals surface area (Å²) in [6, 6.07) is 13.7. The van der Waals surface area contributed by atoms with E-state index in [0.717, 1.165) is 16.5 Å². The van der Waals surface area contributed by atoms with Gasteiger partial charge in [-0.15, -0.1) is 0 Å². The lowest BCUT2D eigenvalue weighted by atomic mass is 10.1. The van der Waals surface area contributed by atoms with Gasteiger partial charge >= 0.3 is 0 Å². The third-order valence-electron chi connectivity index (χ3n) is 4.16. The Morgan fingerprint density at radius 1 is 0.962 bits per heavy atom. The molecule has 4 rings (SSSR count). The van der Waals surface area contributed by atoms with Crippen LogP contribution in [0.1, 0.15) is 0 Å². The van der Waals surface area contributed by atoms with E-state index in [1.807, 2.05) is 18.2 Å². The summed E-state index contributed by atoms with van der Waals surface area (Å²) in [7, 11) is -2.22. The molecule has 130 valence electrons. The molecule has 0 aliphatic carbocycles. The van der Waals surface area contributed by atoms with Crippen LogP contribution in [-0.2, 0) is 10.0 Å². The number of ether oxygens (including phenoxy) is 1. The van der Waals surface area contributed by atoms with E-state index in [1.54, 1.807) is 36.8 Å². The monoisotopic (exact) mass is 365 g/mol. The van der Waals surface area contributed by atoms with Crippen LogP contribution in [0.3, 0.4) is 0 Å². The number of methoxy groups -OCH3 is 1. The van der Waals surface area contributed by atoms with E-state index >= 15 is 0 Å². The van der Waals surface area contributed by atoms with Crippen molar-refractivity contribution in [3.63, 3.8) is 0 Å². The van der Waals surface area contributed by atoms with Crippen molar-refractivity contribution in [2.45, 2.75) is 4.90 Å². The minimum Gasteiger partial charge on any atom is -0.497 e. The van der Waals surface area contributed by atoms with Gasteiger partial charge in [0, 0.05) is 35.1 Å². The highest BCUT2D eigenvalue weighted by Gasteiger charge is 2.21. The molecule has 2 aromatic heterocycles. The van der Waals surface area contributed by atoms with Crippen molar-refractivity contribution < 1.29 is 13.2 Å². The highest BCUT2D eigenvalue weighted by molar-refractivity contribution is 7.90. The molecule has 0 spiro atoms. The van der Waals surface area contributed by atoms with E-state index in [-0.39, 0.29) is 4.90 Å². The van der Waals surface area contributed by atoms with E-state index in [2.05, 4.69) is 9.97 Å². The number of nitrogens with zero attached hydrogens (tertiary/aromatic N) is 3. The van der Waals surface area contributed by atoms with E-state index in [1.165, 1.54) is 29.5 Å². The van der Waals surface area contributed by atoms with Gasteiger partial charge in [-0.3, -0.25) is 0 Å². The molecule has 0 aliphatic rings. The van der Waals surface area contributed by atoms with Crippen LogP contribution in [-0.4, -0.2) is 29.5 Å². The lowest BCUT2D eigenvalue weighted by molar-refractivity contribution is 0.414. The summed E-state index contributed by atoms with van der Waals surface area (Å²) in [5.41, 5.74) is 2.10. The summed E-state index contributed by atoms with van der Waals surface area (Å²) < 4.78 is 32.8. The minimum atomic E-state index is -3.76. The number of hydrogen-bond donors (Lipinski definition) is 0. The predicted octanol–water partition coefficient (Wildman–Crippen LogP) is 3.34. The zero-order chi connectivity index (χ0) is 18.1. The van der Waals surface area contributed by atoms with Crippen LogP contribution in [0.2, 0.25) is 0 Å². The maximum Gasteiger partial charge on any atom is 0.268 e. The van der Waals surface area contributed by atoms with Gasteiger partial charge in [-0.1, -0.05) is 18.2 Å². The zero-order valence-corrected chi connectivity index (χ0v) is 14.7. The van der Waals surface area contributed by atoms with Crippen LogP contribution in [0.25, 0.3) is 22.0 Å². The molecule has 0 bridgehead atoms. The predicted molar refractivity (Wildman–Crippen MR) is 98.5 cm³/mol. The summed E-state index contributed by atoms with van der Waals surface area (Å²) in [5.74, 6) is 0.600. The van der Waals surface area contributed by atoms with Gasteiger partial charge in [-0.05, 0) is 30.3 Å². The van der Waals surface area contributed by atoms with Crippen LogP contribution < -0.4 is 4.74 Å². The molecule has 7 heteroatoms. The zero-order valence-electron chi connectivity index (χ0n) is 13.9. The van der Waals surface area contributed by atoms with E-state index < -0.39 is 10.0 Å². The molecule has 0 saturated heterocycles. The molecule has 0 amide bonds. The van der Waals surface area contributed by atoms with Crippen LogP contribution in [0.15, 0.2) is 78.3 Å². The second-order valence-corrected chi connectivity index (χ2v) is 7.48. The SMILES string of the molecule is COc1ccc(S(=O)(=O)n2ccc3cccc(-c4cncnc4)c32)cc1. The maximum absolute atomic E-state index is 13.2. The van der Waals surface area contributed by atoms with Gasteiger partial charge in [0.25, 0.3) is 10.0 Å². The van der Waals surface area contributed by atoms with Crippen molar-refractivity contribution in [1.29, 1.82) is 0 Å². The van der Waals surface area contributed by atoms with E-state index in [4.69, 9.17) is 4.74 Å². The van der Waals surface area contributed by atoms with Crippen LogP contribution >= 0.6 is 0 Å². The quantitative estimate of drug-likeness (QED) is 0.554. The van der Waals surface area contributed by atoms with Gasteiger partial charge in [-0.2, -0.15) is 0 Å². The van der Waals surface area contributed by atoms with E-state index in [9.17, 15) is 8.42 Å². The first-order valence-corrected chi connectivity index (χ1v) is 9.30. The molecule has 2 heterocycles. The average molecular weight is 365 g/mol. The van der Waals surface area contributed by atoms with Gasteiger partial charge in [0.15, 0.2) is 0 Å². The number of rotatable bonds is 4. The lowest BCUT2D eigenvalue weighted by Gasteiger charge is -2.11.